The number of halogens is 1. The van der Waals surface area contributed by atoms with Crippen LogP contribution in [0, 0.1) is 0 Å². The Labute approximate surface area is 179 Å². The Kier molecular flexibility index (Phi) is 9.09. The molecule has 0 radical (unpaired) electrons. The lowest BCUT2D eigenvalue weighted by Gasteiger charge is -2.48. The molecule has 1 aromatic heterocycles. The van der Waals surface area contributed by atoms with Gasteiger partial charge in [-0.15, -0.1) is 24.0 Å². The van der Waals surface area contributed by atoms with Crippen molar-refractivity contribution in [2.75, 3.05) is 38.2 Å². The van der Waals surface area contributed by atoms with Crippen LogP contribution in [0.1, 0.15) is 37.7 Å². The summed E-state index contributed by atoms with van der Waals surface area (Å²) < 4.78 is 2.08. The summed E-state index contributed by atoms with van der Waals surface area (Å²) in [6.45, 7) is 4.30. The number of rotatable bonds is 5. The molecule has 1 aromatic rings. The summed E-state index contributed by atoms with van der Waals surface area (Å²) in [6.07, 6.45) is 11.0. The van der Waals surface area contributed by atoms with E-state index in [2.05, 4.69) is 62.4 Å². The van der Waals surface area contributed by atoms with Gasteiger partial charge >= 0.3 is 0 Å². The van der Waals surface area contributed by atoms with E-state index in [-0.39, 0.29) is 24.0 Å². The first kappa shape index (κ1) is 21.9. The third-order valence-electron chi connectivity index (χ3n) is 5.63. The van der Waals surface area contributed by atoms with E-state index in [4.69, 9.17) is 0 Å². The zero-order valence-electron chi connectivity index (χ0n) is 16.2. The maximum atomic E-state index is 4.44. The minimum absolute atomic E-state index is 0. The number of hydrogen-bond donors (Lipinski definition) is 2. The van der Waals surface area contributed by atoms with E-state index in [9.17, 15) is 0 Å². The molecule has 3 rings (SSSR count). The van der Waals surface area contributed by atoms with Crippen LogP contribution in [0.3, 0.4) is 0 Å². The Bertz CT molecular complexity index is 562. The molecule has 2 fully saturated rings. The molecule has 1 saturated heterocycles. The zero-order valence-corrected chi connectivity index (χ0v) is 19.3. The summed E-state index contributed by atoms with van der Waals surface area (Å²) >= 11 is 2.10. The largest absolute Gasteiger partial charge is 0.357 e. The van der Waals surface area contributed by atoms with Crippen molar-refractivity contribution < 1.29 is 0 Å². The molecule has 1 aliphatic heterocycles. The van der Waals surface area contributed by atoms with Crippen LogP contribution in [0.2, 0.25) is 0 Å². The van der Waals surface area contributed by atoms with Crippen LogP contribution in [-0.4, -0.2) is 59.2 Å². The molecular weight excluding hydrogens is 457 g/mol. The number of aliphatic imine (C=N–C) groups is 1. The smallest absolute Gasteiger partial charge is 0.191 e. The van der Waals surface area contributed by atoms with Gasteiger partial charge < -0.3 is 15.2 Å². The van der Waals surface area contributed by atoms with Crippen molar-refractivity contribution in [2.45, 2.75) is 44.2 Å². The molecule has 0 atom stereocenters. The molecule has 0 aromatic carbocycles. The molecule has 5 nitrogen and oxygen atoms in total. The lowest BCUT2D eigenvalue weighted by molar-refractivity contribution is 0.0626. The fraction of sp³-hybridized carbons (Fsp3) is 0.737. The number of nitrogens with zero attached hydrogens (tertiary/aromatic N) is 3. The molecule has 0 spiro atoms. The molecule has 0 unspecified atom stereocenters. The van der Waals surface area contributed by atoms with Crippen molar-refractivity contribution in [1.82, 2.24) is 20.1 Å². The highest BCUT2D eigenvalue weighted by molar-refractivity contribution is 14.0. The highest BCUT2D eigenvalue weighted by Crippen LogP contribution is 2.34. The van der Waals surface area contributed by atoms with Gasteiger partial charge in [-0.3, -0.25) is 9.89 Å². The van der Waals surface area contributed by atoms with Crippen LogP contribution >= 0.6 is 35.7 Å². The van der Waals surface area contributed by atoms with Crippen molar-refractivity contribution >= 4 is 41.7 Å². The first-order valence-corrected chi connectivity index (χ1v) is 10.8. The third-order valence-corrected chi connectivity index (χ3v) is 6.57. The fourth-order valence-corrected chi connectivity index (χ4v) is 5.08. The van der Waals surface area contributed by atoms with Crippen molar-refractivity contribution in [3.8, 4) is 0 Å². The number of aromatic nitrogens is 1. The molecular formula is C19H34IN5S. The van der Waals surface area contributed by atoms with Gasteiger partial charge in [-0.05, 0) is 24.5 Å². The number of guanidine groups is 1. The molecule has 1 aliphatic carbocycles. The van der Waals surface area contributed by atoms with Crippen LogP contribution < -0.4 is 10.6 Å². The predicted molar refractivity (Wildman–Crippen MR) is 124 cm³/mol. The Morgan fingerprint density at radius 3 is 2.54 bits per heavy atom. The highest BCUT2D eigenvalue weighted by atomic mass is 127. The van der Waals surface area contributed by atoms with E-state index in [0.717, 1.165) is 19.0 Å². The number of aryl methyl sites for hydroxylation is 1. The predicted octanol–water partition coefficient (Wildman–Crippen LogP) is 3.06. The molecule has 26 heavy (non-hydrogen) atoms. The normalized spacial score (nSPS) is 21.1. The summed E-state index contributed by atoms with van der Waals surface area (Å²) in [6, 6.07) is 2.15. The summed E-state index contributed by atoms with van der Waals surface area (Å²) in [4.78, 5) is 7.20. The average Bonchev–Trinajstić information content (AvgIpc) is 3.08. The molecule has 0 amide bonds. The van der Waals surface area contributed by atoms with E-state index in [1.165, 1.54) is 62.3 Å². The van der Waals surface area contributed by atoms with Gasteiger partial charge in [0.05, 0.1) is 0 Å². The molecule has 2 heterocycles. The monoisotopic (exact) mass is 491 g/mol. The highest BCUT2D eigenvalue weighted by Gasteiger charge is 2.38. The van der Waals surface area contributed by atoms with Gasteiger partial charge in [0, 0.05) is 69.7 Å². The molecule has 7 heteroatoms. The fourth-order valence-electron chi connectivity index (χ4n) is 4.17. The maximum Gasteiger partial charge on any atom is 0.191 e. The van der Waals surface area contributed by atoms with Crippen molar-refractivity contribution in [3.05, 3.63) is 24.0 Å². The second kappa shape index (κ2) is 10.8. The summed E-state index contributed by atoms with van der Waals surface area (Å²) in [5, 5.41) is 7.10. The summed E-state index contributed by atoms with van der Waals surface area (Å²) in [5.41, 5.74) is 1.61. The SMILES string of the molecule is CN=C(NCc1ccn(C)c1)NCC1(N2CCSCC2)CCCCC1.I. The van der Waals surface area contributed by atoms with E-state index in [0.29, 0.717) is 5.54 Å². The molecule has 148 valence electrons. The van der Waals surface area contributed by atoms with Gasteiger partial charge in [0.2, 0.25) is 0 Å². The molecule has 2 N–H and O–H groups in total. The van der Waals surface area contributed by atoms with Gasteiger partial charge in [0.15, 0.2) is 5.96 Å². The third kappa shape index (κ3) is 5.79. The van der Waals surface area contributed by atoms with E-state index < -0.39 is 0 Å². The van der Waals surface area contributed by atoms with Crippen molar-refractivity contribution in [1.29, 1.82) is 0 Å². The number of nitrogens with one attached hydrogen (secondary N) is 2. The molecule has 1 saturated carbocycles. The lowest BCUT2D eigenvalue weighted by atomic mass is 9.80. The standard InChI is InChI=1S/C19H33N5S.HI/c1-20-18(21-14-17-6-9-23(2)15-17)22-16-19(7-4-3-5-8-19)24-10-12-25-13-11-24;/h6,9,15H,3-5,7-8,10-14,16H2,1-2H3,(H2,20,21,22);1H. The number of thioether (sulfide) groups is 1. The van der Waals surface area contributed by atoms with Gasteiger partial charge in [0.25, 0.3) is 0 Å². The van der Waals surface area contributed by atoms with Crippen LogP contribution in [0.15, 0.2) is 23.5 Å². The Morgan fingerprint density at radius 2 is 1.92 bits per heavy atom. The first-order valence-electron chi connectivity index (χ1n) is 9.60. The van der Waals surface area contributed by atoms with Crippen LogP contribution in [0.5, 0.6) is 0 Å². The molecule has 0 bridgehead atoms. The Morgan fingerprint density at radius 1 is 1.19 bits per heavy atom. The van der Waals surface area contributed by atoms with E-state index in [1.54, 1.807) is 0 Å². The second-order valence-electron chi connectivity index (χ2n) is 7.35. The van der Waals surface area contributed by atoms with Gasteiger partial charge in [0.1, 0.15) is 0 Å². The lowest BCUT2D eigenvalue weighted by Crippen LogP contribution is -2.59. The van der Waals surface area contributed by atoms with Gasteiger partial charge in [-0.2, -0.15) is 11.8 Å². The quantitative estimate of drug-likeness (QED) is 0.378. The van der Waals surface area contributed by atoms with Crippen molar-refractivity contribution in [2.24, 2.45) is 12.0 Å². The number of hydrogen-bond acceptors (Lipinski definition) is 3. The first-order chi connectivity index (χ1) is 12.2. The maximum absolute atomic E-state index is 4.44. The second-order valence-corrected chi connectivity index (χ2v) is 8.57. The van der Waals surface area contributed by atoms with Gasteiger partial charge in [-0.1, -0.05) is 19.3 Å². The van der Waals surface area contributed by atoms with Crippen LogP contribution in [0.4, 0.5) is 0 Å². The Balaban J connectivity index is 0.00000243. The Hall–Kier alpha value is -0.410. The minimum Gasteiger partial charge on any atom is -0.357 e. The zero-order chi connectivity index (χ0) is 17.5. The van der Waals surface area contributed by atoms with E-state index >= 15 is 0 Å². The van der Waals surface area contributed by atoms with E-state index in [1.807, 2.05) is 7.05 Å². The minimum atomic E-state index is 0. The topological polar surface area (TPSA) is 44.6 Å². The average molecular weight is 491 g/mol. The summed E-state index contributed by atoms with van der Waals surface area (Å²) in [7, 11) is 3.92. The van der Waals surface area contributed by atoms with Crippen LogP contribution in [0.25, 0.3) is 0 Å². The van der Waals surface area contributed by atoms with Crippen LogP contribution in [-0.2, 0) is 13.6 Å². The van der Waals surface area contributed by atoms with Crippen molar-refractivity contribution in [3.63, 3.8) is 0 Å². The van der Waals surface area contributed by atoms with Gasteiger partial charge in [-0.25, -0.2) is 0 Å². The molecule has 2 aliphatic rings. The summed E-state index contributed by atoms with van der Waals surface area (Å²) in [5.74, 6) is 3.48.